The number of methoxy groups -OCH3 is 1. The summed E-state index contributed by atoms with van der Waals surface area (Å²) in [5, 5.41) is 8.28. The summed E-state index contributed by atoms with van der Waals surface area (Å²) in [6.45, 7) is 13.2. The molecule has 0 aromatic carbocycles. The molecule has 1 saturated heterocycles. The van der Waals surface area contributed by atoms with Gasteiger partial charge in [-0.1, -0.05) is 39.3 Å². The normalized spacial score (nSPS) is 17.7. The lowest BCUT2D eigenvalue weighted by molar-refractivity contribution is 0.230. The van der Waals surface area contributed by atoms with Gasteiger partial charge in [0.2, 0.25) is 0 Å². The van der Waals surface area contributed by atoms with Crippen molar-refractivity contribution in [3.63, 3.8) is 0 Å². The van der Waals surface area contributed by atoms with Crippen LogP contribution in [0, 0.1) is 5.92 Å². The van der Waals surface area contributed by atoms with Crippen LogP contribution in [0.15, 0.2) is 29.0 Å². The number of ether oxygens (including phenoxy) is 1. The Bertz CT molecular complexity index is 368. The molecule has 0 unspecified atom stereocenters. The molecule has 0 aromatic heterocycles. The molecule has 2 fully saturated rings. The molecular weight excluding hydrogens is 300 g/mol. The fourth-order valence-electron chi connectivity index (χ4n) is 2.34. The smallest absolute Gasteiger partial charge is 0.121 e. The molecule has 2 rings (SSSR count). The molecule has 1 aliphatic heterocycles. The molecule has 0 spiro atoms. The van der Waals surface area contributed by atoms with Crippen LogP contribution in [0.5, 0.6) is 0 Å². The van der Waals surface area contributed by atoms with Crippen molar-refractivity contribution in [3.8, 4) is 0 Å². The fraction of sp³-hybridized carbons (Fsp3) is 0.750. The van der Waals surface area contributed by atoms with E-state index in [1.165, 1.54) is 32.1 Å². The summed E-state index contributed by atoms with van der Waals surface area (Å²) in [4.78, 5) is 6.65. The average molecular weight is 339 g/mol. The van der Waals surface area contributed by atoms with Crippen molar-refractivity contribution in [2.75, 3.05) is 33.4 Å². The van der Waals surface area contributed by atoms with Crippen molar-refractivity contribution in [1.29, 1.82) is 0 Å². The van der Waals surface area contributed by atoms with Gasteiger partial charge in [-0.15, -0.1) is 0 Å². The van der Waals surface area contributed by atoms with Crippen molar-refractivity contribution in [3.05, 3.63) is 24.0 Å². The van der Waals surface area contributed by atoms with Gasteiger partial charge in [-0.25, -0.2) is 4.99 Å². The number of hydrogen-bond donors (Lipinski definition) is 1. The highest BCUT2D eigenvalue weighted by atomic mass is 16.5. The van der Waals surface area contributed by atoms with Gasteiger partial charge in [0.1, 0.15) is 5.82 Å². The van der Waals surface area contributed by atoms with E-state index in [1.54, 1.807) is 7.11 Å². The number of aliphatic hydroxyl groups excluding tert-OH is 1. The van der Waals surface area contributed by atoms with E-state index in [4.69, 9.17) is 9.84 Å². The number of hydrogen-bond acceptors (Lipinski definition) is 4. The molecule has 0 bridgehead atoms. The molecule has 24 heavy (non-hydrogen) atoms. The van der Waals surface area contributed by atoms with E-state index in [0.717, 1.165) is 36.8 Å². The van der Waals surface area contributed by atoms with Gasteiger partial charge in [0.05, 0.1) is 6.61 Å². The van der Waals surface area contributed by atoms with Gasteiger partial charge in [-0.2, -0.15) is 0 Å². The molecule has 0 radical (unpaired) electrons. The molecule has 0 atom stereocenters. The van der Waals surface area contributed by atoms with Crippen LogP contribution in [0.4, 0.5) is 0 Å². The number of piperidine rings is 1. The Labute approximate surface area is 149 Å². The molecule has 0 aromatic rings. The van der Waals surface area contributed by atoms with Crippen LogP contribution in [-0.4, -0.2) is 49.6 Å². The number of rotatable bonds is 7. The largest absolute Gasteiger partial charge is 0.396 e. The zero-order valence-electron chi connectivity index (χ0n) is 16.3. The summed E-state index contributed by atoms with van der Waals surface area (Å²) >= 11 is 0. The third-order valence-corrected chi connectivity index (χ3v) is 4.02. The van der Waals surface area contributed by atoms with Crippen LogP contribution in [-0.2, 0) is 4.74 Å². The van der Waals surface area contributed by atoms with Crippen LogP contribution in [0.3, 0.4) is 0 Å². The SMILES string of the molecule is C=C(/N=C\C(=C/C)COC)N1CCCCC1.CC.OCCC1CC1. The highest BCUT2D eigenvalue weighted by molar-refractivity contribution is 5.79. The molecule has 4 heteroatoms. The molecule has 1 N–H and O–H groups in total. The van der Waals surface area contributed by atoms with Crippen molar-refractivity contribution in [2.24, 2.45) is 10.9 Å². The van der Waals surface area contributed by atoms with Crippen molar-refractivity contribution in [1.82, 2.24) is 4.90 Å². The predicted molar refractivity (Wildman–Crippen MR) is 104 cm³/mol. The average Bonchev–Trinajstić information content (AvgIpc) is 3.46. The Morgan fingerprint density at radius 3 is 2.29 bits per heavy atom. The van der Waals surface area contributed by atoms with Crippen LogP contribution < -0.4 is 0 Å². The maximum atomic E-state index is 8.28. The molecule has 4 nitrogen and oxygen atoms in total. The zero-order chi connectivity index (χ0) is 18.2. The zero-order valence-corrected chi connectivity index (χ0v) is 16.3. The first-order valence-corrected chi connectivity index (χ1v) is 9.44. The predicted octanol–water partition coefficient (Wildman–Crippen LogP) is 4.41. The van der Waals surface area contributed by atoms with E-state index >= 15 is 0 Å². The summed E-state index contributed by atoms with van der Waals surface area (Å²) in [5.41, 5.74) is 1.08. The van der Waals surface area contributed by atoms with E-state index in [2.05, 4.69) is 16.5 Å². The maximum absolute atomic E-state index is 8.28. The molecule has 1 aliphatic carbocycles. The summed E-state index contributed by atoms with van der Waals surface area (Å²) in [6, 6.07) is 0. The van der Waals surface area contributed by atoms with Gasteiger partial charge in [-0.3, -0.25) is 0 Å². The van der Waals surface area contributed by atoms with Crippen molar-refractivity contribution < 1.29 is 9.84 Å². The van der Waals surface area contributed by atoms with E-state index in [0.29, 0.717) is 13.2 Å². The lowest BCUT2D eigenvalue weighted by Gasteiger charge is -2.27. The number of aliphatic imine (C=N–C) groups is 1. The van der Waals surface area contributed by atoms with E-state index in [-0.39, 0.29) is 0 Å². The first-order chi connectivity index (χ1) is 11.7. The van der Waals surface area contributed by atoms with Gasteiger partial charge in [0, 0.05) is 33.0 Å². The van der Waals surface area contributed by atoms with Crippen LogP contribution in [0.2, 0.25) is 0 Å². The summed E-state index contributed by atoms with van der Waals surface area (Å²) in [5.74, 6) is 1.77. The lowest BCUT2D eigenvalue weighted by Crippen LogP contribution is -2.27. The molecule has 1 heterocycles. The Balaban J connectivity index is 0.000000547. The topological polar surface area (TPSA) is 45.1 Å². The second kappa shape index (κ2) is 15.4. The Hall–Kier alpha value is -1.13. The second-order valence-electron chi connectivity index (χ2n) is 5.97. The summed E-state index contributed by atoms with van der Waals surface area (Å²) < 4.78 is 5.07. The molecule has 2 aliphatic rings. The third kappa shape index (κ3) is 11.4. The number of nitrogens with zero attached hydrogens (tertiary/aromatic N) is 2. The van der Waals surface area contributed by atoms with Gasteiger partial charge in [-0.05, 0) is 44.1 Å². The van der Waals surface area contributed by atoms with Crippen molar-refractivity contribution >= 4 is 6.21 Å². The summed E-state index contributed by atoms with van der Waals surface area (Å²) in [6.07, 6.45) is 11.5. The molecule has 140 valence electrons. The standard InChI is InChI=1S/C13H22N2O.C5H10O.C2H6/c1-4-13(11-16-3)10-14-12(2)15-8-6-5-7-9-15;6-4-3-5-1-2-5;1-2/h4,10H,2,5-9,11H2,1,3H3;5-6H,1-4H2;1-2H3/b13-4+,14-10-;;. The minimum absolute atomic E-state index is 0.394. The van der Waals surface area contributed by atoms with Crippen LogP contribution in [0.1, 0.15) is 59.3 Å². The number of likely N-dealkylation sites (tertiary alicyclic amines) is 1. The van der Waals surface area contributed by atoms with Gasteiger partial charge in [0.25, 0.3) is 0 Å². The third-order valence-electron chi connectivity index (χ3n) is 4.02. The first kappa shape index (κ1) is 22.9. The maximum Gasteiger partial charge on any atom is 0.121 e. The monoisotopic (exact) mass is 338 g/mol. The highest BCUT2D eigenvalue weighted by Gasteiger charge is 2.19. The van der Waals surface area contributed by atoms with Gasteiger partial charge in [0.15, 0.2) is 0 Å². The molecular formula is C20H38N2O2. The Kier molecular flexibility index (Phi) is 14.7. The quantitative estimate of drug-likeness (QED) is 0.699. The van der Waals surface area contributed by atoms with Crippen LogP contribution >= 0.6 is 0 Å². The molecule has 0 amide bonds. The van der Waals surface area contributed by atoms with Gasteiger partial charge >= 0.3 is 0 Å². The molecule has 1 saturated carbocycles. The van der Waals surface area contributed by atoms with E-state index in [1.807, 2.05) is 33.1 Å². The van der Waals surface area contributed by atoms with Crippen molar-refractivity contribution in [2.45, 2.75) is 59.3 Å². The minimum Gasteiger partial charge on any atom is -0.396 e. The van der Waals surface area contributed by atoms with E-state index in [9.17, 15) is 0 Å². The Morgan fingerprint density at radius 1 is 1.25 bits per heavy atom. The minimum atomic E-state index is 0.394. The highest BCUT2D eigenvalue weighted by Crippen LogP contribution is 2.31. The van der Waals surface area contributed by atoms with Gasteiger partial charge < -0.3 is 14.7 Å². The number of allylic oxidation sites excluding steroid dienone is 1. The lowest BCUT2D eigenvalue weighted by atomic mass is 10.1. The second-order valence-corrected chi connectivity index (χ2v) is 5.97. The summed E-state index contributed by atoms with van der Waals surface area (Å²) in [7, 11) is 1.69. The van der Waals surface area contributed by atoms with E-state index < -0.39 is 0 Å². The Morgan fingerprint density at radius 2 is 1.88 bits per heavy atom. The first-order valence-electron chi connectivity index (χ1n) is 9.44. The fourth-order valence-corrected chi connectivity index (χ4v) is 2.34. The number of aliphatic hydroxyl groups is 1. The van der Waals surface area contributed by atoms with Crippen LogP contribution in [0.25, 0.3) is 0 Å².